The number of alkyl carbamates (subject to hydrolysis) is 1. The first-order chi connectivity index (χ1) is 15.7. The molecule has 4 fully saturated rings. The molecule has 1 aromatic rings. The van der Waals surface area contributed by atoms with Crippen molar-refractivity contribution in [3.05, 3.63) is 29.6 Å². The van der Waals surface area contributed by atoms with Crippen LogP contribution in [0.4, 0.5) is 14.9 Å². The van der Waals surface area contributed by atoms with Gasteiger partial charge in [0.1, 0.15) is 11.4 Å². The summed E-state index contributed by atoms with van der Waals surface area (Å²) in [4.78, 5) is 38.5. The zero-order chi connectivity index (χ0) is 23.4. The summed E-state index contributed by atoms with van der Waals surface area (Å²) in [5.41, 5.74) is 0.282. The van der Waals surface area contributed by atoms with E-state index in [1.165, 1.54) is 42.4 Å². The Labute approximate surface area is 196 Å². The van der Waals surface area contributed by atoms with Crippen molar-refractivity contribution in [2.24, 2.45) is 17.8 Å². The summed E-state index contributed by atoms with van der Waals surface area (Å²) in [6.45, 7) is 1.89. The van der Waals surface area contributed by atoms with Crippen LogP contribution in [0.1, 0.15) is 51.0 Å². The van der Waals surface area contributed by atoms with E-state index >= 15 is 0 Å². The van der Waals surface area contributed by atoms with Gasteiger partial charge in [-0.15, -0.1) is 11.8 Å². The normalized spacial score (nSPS) is 33.7. The van der Waals surface area contributed by atoms with Gasteiger partial charge in [0.25, 0.3) is 5.91 Å². The number of rotatable bonds is 6. The van der Waals surface area contributed by atoms with E-state index in [9.17, 15) is 18.8 Å². The standard InChI is InChI=1S/C24H29FN2O5S/c1-3-31-20(28)13-33-24(18-9-17(25)4-5-19(18)27(2)21(24)29)26-22(30)32-23-10-14-6-15(11-23)8-16(7-14)12-23/h4-5,9,14-16H,3,6-8,10-13H2,1-2H3,(H,26,30)/t14?,15?,16?,23?,24-/m1/s1. The second-order valence-electron chi connectivity index (χ2n) is 9.92. The van der Waals surface area contributed by atoms with Crippen molar-refractivity contribution in [2.45, 2.75) is 55.9 Å². The molecule has 1 aromatic carbocycles. The lowest BCUT2D eigenvalue weighted by molar-refractivity contribution is -0.139. The van der Waals surface area contributed by atoms with Crippen LogP contribution in [0.3, 0.4) is 0 Å². The van der Waals surface area contributed by atoms with E-state index < -0.39 is 34.3 Å². The summed E-state index contributed by atoms with van der Waals surface area (Å²) in [7, 11) is 1.57. The third-order valence-electron chi connectivity index (χ3n) is 7.59. The van der Waals surface area contributed by atoms with Crippen molar-refractivity contribution < 1.29 is 28.2 Å². The maximum absolute atomic E-state index is 14.2. The summed E-state index contributed by atoms with van der Waals surface area (Å²) in [6.07, 6.45) is 5.49. The molecule has 178 valence electrons. The number of thioether (sulfide) groups is 1. The fourth-order valence-electron chi connectivity index (χ4n) is 6.73. The number of likely N-dealkylation sites (N-methyl/N-ethyl adjacent to an activating group) is 1. The van der Waals surface area contributed by atoms with Gasteiger partial charge in [0.15, 0.2) is 4.87 Å². The fraction of sp³-hybridized carbons (Fsp3) is 0.625. The summed E-state index contributed by atoms with van der Waals surface area (Å²) < 4.78 is 25.3. The van der Waals surface area contributed by atoms with Gasteiger partial charge in [-0.3, -0.25) is 14.9 Å². The molecule has 4 aliphatic carbocycles. The van der Waals surface area contributed by atoms with Crippen LogP contribution in [0.25, 0.3) is 0 Å². The molecule has 4 bridgehead atoms. The lowest BCUT2D eigenvalue weighted by atomic mass is 9.54. The molecule has 7 nitrogen and oxygen atoms in total. The highest BCUT2D eigenvalue weighted by atomic mass is 32.2. The quantitative estimate of drug-likeness (QED) is 0.494. The maximum atomic E-state index is 14.2. The van der Waals surface area contributed by atoms with E-state index in [-0.39, 0.29) is 12.4 Å². The number of hydrogen-bond acceptors (Lipinski definition) is 6. The predicted octanol–water partition coefficient (Wildman–Crippen LogP) is 3.95. The number of ether oxygens (including phenoxy) is 2. The van der Waals surface area contributed by atoms with Gasteiger partial charge in [-0.05, 0) is 81.4 Å². The van der Waals surface area contributed by atoms with Crippen molar-refractivity contribution in [2.75, 3.05) is 24.3 Å². The highest BCUT2D eigenvalue weighted by Crippen LogP contribution is 2.57. The van der Waals surface area contributed by atoms with Gasteiger partial charge in [0.05, 0.1) is 18.0 Å². The van der Waals surface area contributed by atoms with Crippen molar-refractivity contribution in [1.82, 2.24) is 5.32 Å². The first-order valence-corrected chi connectivity index (χ1v) is 12.6. The number of amides is 2. The maximum Gasteiger partial charge on any atom is 0.409 e. The lowest BCUT2D eigenvalue weighted by Gasteiger charge is -2.55. The zero-order valence-corrected chi connectivity index (χ0v) is 19.7. The minimum absolute atomic E-state index is 0.180. The topological polar surface area (TPSA) is 84.9 Å². The van der Waals surface area contributed by atoms with Crippen LogP contribution < -0.4 is 10.2 Å². The number of carbonyl (C=O) groups is 3. The number of fused-ring (bicyclic) bond motifs is 1. The highest BCUT2D eigenvalue weighted by Gasteiger charge is 2.56. The first kappa shape index (κ1) is 22.5. The number of carbonyl (C=O) groups excluding carboxylic acids is 3. The molecular weight excluding hydrogens is 447 g/mol. The molecule has 33 heavy (non-hydrogen) atoms. The van der Waals surface area contributed by atoms with Crippen molar-refractivity contribution in [3.63, 3.8) is 0 Å². The highest BCUT2D eigenvalue weighted by molar-refractivity contribution is 8.01. The zero-order valence-electron chi connectivity index (χ0n) is 18.9. The van der Waals surface area contributed by atoms with Crippen LogP contribution in [-0.4, -0.2) is 43.0 Å². The number of nitrogens with zero attached hydrogens (tertiary/aromatic N) is 1. The molecule has 5 aliphatic rings. The number of anilines is 1. The minimum Gasteiger partial charge on any atom is -0.465 e. The molecule has 0 spiro atoms. The summed E-state index contributed by atoms with van der Waals surface area (Å²) in [5, 5.41) is 2.76. The number of nitrogens with one attached hydrogen (secondary N) is 1. The van der Waals surface area contributed by atoms with Crippen LogP contribution in [0.2, 0.25) is 0 Å². The largest absolute Gasteiger partial charge is 0.465 e. The molecule has 6 rings (SSSR count). The molecule has 1 N–H and O–H groups in total. The van der Waals surface area contributed by atoms with E-state index in [0.717, 1.165) is 31.0 Å². The van der Waals surface area contributed by atoms with Gasteiger partial charge < -0.3 is 14.4 Å². The number of hydrogen-bond donors (Lipinski definition) is 1. The van der Waals surface area contributed by atoms with Crippen LogP contribution >= 0.6 is 11.8 Å². The minimum atomic E-state index is -1.67. The molecule has 1 aliphatic heterocycles. The average molecular weight is 477 g/mol. The smallest absolute Gasteiger partial charge is 0.409 e. The predicted molar refractivity (Wildman–Crippen MR) is 121 cm³/mol. The van der Waals surface area contributed by atoms with E-state index in [0.29, 0.717) is 29.0 Å². The van der Waals surface area contributed by atoms with Gasteiger partial charge in [-0.1, -0.05) is 0 Å². The van der Waals surface area contributed by atoms with Crippen molar-refractivity contribution in [3.8, 4) is 0 Å². The Morgan fingerprint density at radius 2 is 1.82 bits per heavy atom. The van der Waals surface area contributed by atoms with Crippen molar-refractivity contribution in [1.29, 1.82) is 0 Å². The van der Waals surface area contributed by atoms with Crippen LogP contribution in [0.15, 0.2) is 18.2 Å². The van der Waals surface area contributed by atoms with Gasteiger partial charge in [0, 0.05) is 12.6 Å². The van der Waals surface area contributed by atoms with E-state index in [1.54, 1.807) is 14.0 Å². The summed E-state index contributed by atoms with van der Waals surface area (Å²) in [5.74, 6) is 0.0781. The molecule has 0 saturated heterocycles. The van der Waals surface area contributed by atoms with Gasteiger partial charge >= 0.3 is 12.1 Å². The molecule has 9 heteroatoms. The van der Waals surface area contributed by atoms with Gasteiger partial charge in [0.2, 0.25) is 0 Å². The van der Waals surface area contributed by atoms with E-state index in [2.05, 4.69) is 5.32 Å². The first-order valence-electron chi connectivity index (χ1n) is 11.6. The second-order valence-corrected chi connectivity index (χ2v) is 11.1. The van der Waals surface area contributed by atoms with Crippen LogP contribution in [0.5, 0.6) is 0 Å². The number of esters is 1. The monoisotopic (exact) mass is 476 g/mol. The fourth-order valence-corrected chi connectivity index (χ4v) is 7.88. The Balaban J connectivity index is 1.42. The Hall–Kier alpha value is -2.29. The van der Waals surface area contributed by atoms with Gasteiger partial charge in [-0.2, -0.15) is 0 Å². The third-order valence-corrected chi connectivity index (χ3v) is 8.90. The molecule has 4 saturated carbocycles. The Morgan fingerprint density at radius 3 is 2.42 bits per heavy atom. The van der Waals surface area contributed by atoms with Crippen molar-refractivity contribution >= 4 is 35.4 Å². The molecule has 0 radical (unpaired) electrons. The number of benzene rings is 1. The summed E-state index contributed by atoms with van der Waals surface area (Å²) >= 11 is 0.919. The lowest BCUT2D eigenvalue weighted by Crippen LogP contribution is -2.56. The molecule has 1 atom stereocenters. The molecular formula is C24H29FN2O5S. The Bertz CT molecular complexity index is 966. The Morgan fingerprint density at radius 1 is 1.18 bits per heavy atom. The SMILES string of the molecule is CCOC(=O)CS[C@@]1(NC(=O)OC23CC4CC(CC(C4)C2)C3)C(=O)N(C)c2ccc(F)cc21. The summed E-state index contributed by atoms with van der Waals surface area (Å²) in [6, 6.07) is 4.00. The third kappa shape index (κ3) is 3.88. The number of halogens is 1. The van der Waals surface area contributed by atoms with Gasteiger partial charge in [-0.25, -0.2) is 9.18 Å². The second kappa shape index (κ2) is 8.18. The van der Waals surface area contributed by atoms with E-state index in [4.69, 9.17) is 9.47 Å². The molecule has 0 aromatic heterocycles. The molecule has 1 heterocycles. The van der Waals surface area contributed by atoms with Crippen LogP contribution in [0, 0.1) is 23.6 Å². The van der Waals surface area contributed by atoms with Crippen LogP contribution in [-0.2, 0) is 23.9 Å². The Kier molecular flexibility index (Phi) is 5.58. The van der Waals surface area contributed by atoms with E-state index in [1.807, 2.05) is 0 Å². The average Bonchev–Trinajstić information content (AvgIpc) is 2.93. The molecule has 2 amide bonds. The molecule has 0 unspecified atom stereocenters.